The summed E-state index contributed by atoms with van der Waals surface area (Å²) in [4.78, 5) is 4.86. The molecule has 0 bridgehead atoms. The fraction of sp³-hybridized carbons (Fsp3) is 0.381. The van der Waals surface area contributed by atoms with Crippen LogP contribution in [0.25, 0.3) is 5.69 Å². The molecule has 0 fully saturated rings. The van der Waals surface area contributed by atoms with Gasteiger partial charge in [-0.15, -0.1) is 0 Å². The van der Waals surface area contributed by atoms with Crippen molar-refractivity contribution >= 4 is 11.4 Å². The minimum Gasteiger partial charge on any atom is -0.392 e. The standard InChI is InChI=1S/C21H25N5O/c1-4-20-19(21-23-14(2)9-15(3)26(21)24-20)10-16-5-7-18(8-6-16)25-12-17(13-27)11-22-25/h5-9,11-12,19,21,27H,4,10,13H2,1-3H3. The van der Waals surface area contributed by atoms with Gasteiger partial charge in [0.15, 0.2) is 0 Å². The average molecular weight is 363 g/mol. The van der Waals surface area contributed by atoms with Crippen molar-refractivity contribution < 1.29 is 5.11 Å². The fourth-order valence-electron chi connectivity index (χ4n) is 3.84. The molecule has 1 aromatic heterocycles. The van der Waals surface area contributed by atoms with Crippen molar-refractivity contribution in [2.75, 3.05) is 0 Å². The number of hydrogen-bond donors (Lipinski definition) is 1. The summed E-state index contributed by atoms with van der Waals surface area (Å²) in [5.74, 6) is 0.296. The van der Waals surface area contributed by atoms with Crippen molar-refractivity contribution in [1.82, 2.24) is 14.8 Å². The first kappa shape index (κ1) is 17.7. The zero-order valence-corrected chi connectivity index (χ0v) is 16.0. The quantitative estimate of drug-likeness (QED) is 0.886. The third kappa shape index (κ3) is 3.32. The highest BCUT2D eigenvalue weighted by Gasteiger charge is 2.38. The predicted molar refractivity (Wildman–Crippen MR) is 107 cm³/mol. The van der Waals surface area contributed by atoms with Crippen LogP contribution in [0.1, 0.15) is 38.3 Å². The Hall–Kier alpha value is -2.73. The van der Waals surface area contributed by atoms with Crippen molar-refractivity contribution in [1.29, 1.82) is 0 Å². The van der Waals surface area contributed by atoms with Crippen molar-refractivity contribution in [3.05, 3.63) is 59.6 Å². The maximum Gasteiger partial charge on any atom is 0.150 e. The molecular weight excluding hydrogens is 338 g/mol. The number of aliphatic hydroxyl groups is 1. The Morgan fingerprint density at radius 1 is 1.11 bits per heavy atom. The van der Waals surface area contributed by atoms with E-state index in [9.17, 15) is 5.11 Å². The highest BCUT2D eigenvalue weighted by molar-refractivity contribution is 5.96. The normalized spacial score (nSPS) is 21.6. The molecule has 2 unspecified atom stereocenters. The van der Waals surface area contributed by atoms with Crippen LogP contribution in [0, 0.1) is 5.92 Å². The Balaban J connectivity index is 1.54. The van der Waals surface area contributed by atoms with E-state index >= 15 is 0 Å². The molecule has 2 atom stereocenters. The van der Waals surface area contributed by atoms with Crippen LogP contribution in [0.4, 0.5) is 0 Å². The van der Waals surface area contributed by atoms with Crippen LogP contribution in [0.15, 0.2) is 58.5 Å². The number of aliphatic hydroxyl groups excluding tert-OH is 1. The molecule has 1 aromatic carbocycles. The van der Waals surface area contributed by atoms with Crippen LogP contribution in [0.2, 0.25) is 0 Å². The van der Waals surface area contributed by atoms with Crippen LogP contribution in [0.3, 0.4) is 0 Å². The molecule has 6 heteroatoms. The van der Waals surface area contributed by atoms with Gasteiger partial charge >= 0.3 is 0 Å². The van der Waals surface area contributed by atoms with E-state index in [0.717, 1.165) is 35.5 Å². The summed E-state index contributed by atoms with van der Waals surface area (Å²) in [6.07, 6.45) is 7.55. The van der Waals surface area contributed by atoms with E-state index in [4.69, 9.17) is 10.1 Å². The first-order valence-corrected chi connectivity index (χ1v) is 9.42. The maximum atomic E-state index is 9.20. The predicted octanol–water partition coefficient (Wildman–Crippen LogP) is 3.31. The van der Waals surface area contributed by atoms with Gasteiger partial charge in [-0.2, -0.15) is 10.2 Å². The summed E-state index contributed by atoms with van der Waals surface area (Å²) in [6.45, 7) is 6.33. The Morgan fingerprint density at radius 3 is 2.56 bits per heavy atom. The number of fused-ring (bicyclic) bond motifs is 1. The molecule has 2 aliphatic rings. The van der Waals surface area contributed by atoms with E-state index in [1.165, 1.54) is 11.3 Å². The summed E-state index contributed by atoms with van der Waals surface area (Å²) in [5, 5.41) is 20.4. The number of hydrogen-bond acceptors (Lipinski definition) is 5. The van der Waals surface area contributed by atoms with Gasteiger partial charge < -0.3 is 5.11 Å². The summed E-state index contributed by atoms with van der Waals surface area (Å²) in [5.41, 5.74) is 6.51. The highest BCUT2D eigenvalue weighted by Crippen LogP contribution is 2.33. The van der Waals surface area contributed by atoms with Crippen LogP contribution in [-0.4, -0.2) is 37.5 Å². The Kier molecular flexibility index (Phi) is 4.66. The van der Waals surface area contributed by atoms with Crippen molar-refractivity contribution in [2.45, 2.75) is 46.4 Å². The largest absolute Gasteiger partial charge is 0.392 e. The number of aromatic nitrogens is 2. The summed E-state index contributed by atoms with van der Waals surface area (Å²) in [7, 11) is 0. The number of aliphatic imine (C=N–C) groups is 1. The van der Waals surface area contributed by atoms with E-state index in [0.29, 0.717) is 5.92 Å². The van der Waals surface area contributed by atoms with Crippen molar-refractivity contribution in [3.8, 4) is 5.69 Å². The summed E-state index contributed by atoms with van der Waals surface area (Å²) >= 11 is 0. The fourth-order valence-corrected chi connectivity index (χ4v) is 3.84. The molecule has 4 rings (SSSR count). The van der Waals surface area contributed by atoms with Gasteiger partial charge in [-0.25, -0.2) is 9.69 Å². The van der Waals surface area contributed by atoms with Gasteiger partial charge in [-0.1, -0.05) is 19.1 Å². The molecule has 6 nitrogen and oxygen atoms in total. The molecule has 0 radical (unpaired) electrons. The number of nitrogens with zero attached hydrogens (tertiary/aromatic N) is 5. The Morgan fingerprint density at radius 2 is 1.89 bits per heavy atom. The van der Waals surface area contributed by atoms with Gasteiger partial charge in [-0.3, -0.25) is 4.99 Å². The lowest BCUT2D eigenvalue weighted by molar-refractivity contribution is 0.259. The topological polar surface area (TPSA) is 66.0 Å². The van der Waals surface area contributed by atoms with Gasteiger partial charge in [0.1, 0.15) is 6.17 Å². The van der Waals surface area contributed by atoms with Crippen molar-refractivity contribution in [2.24, 2.45) is 16.0 Å². The van der Waals surface area contributed by atoms with Gasteiger partial charge in [0.25, 0.3) is 0 Å². The second-order valence-corrected chi connectivity index (χ2v) is 7.19. The Labute approximate surface area is 159 Å². The number of allylic oxidation sites excluding steroid dienone is 2. The number of rotatable bonds is 5. The first-order chi connectivity index (χ1) is 13.1. The van der Waals surface area contributed by atoms with Gasteiger partial charge in [-0.05, 0) is 50.5 Å². The van der Waals surface area contributed by atoms with Crippen LogP contribution < -0.4 is 0 Å². The molecule has 1 N–H and O–H groups in total. The van der Waals surface area contributed by atoms with E-state index in [1.54, 1.807) is 10.9 Å². The van der Waals surface area contributed by atoms with Crippen LogP contribution in [-0.2, 0) is 13.0 Å². The van der Waals surface area contributed by atoms with Crippen LogP contribution >= 0.6 is 0 Å². The lowest BCUT2D eigenvalue weighted by Crippen LogP contribution is -2.35. The molecule has 0 saturated carbocycles. The molecule has 0 aliphatic carbocycles. The van der Waals surface area contributed by atoms with E-state index in [-0.39, 0.29) is 12.8 Å². The smallest absolute Gasteiger partial charge is 0.150 e. The number of benzene rings is 1. The molecule has 0 amide bonds. The van der Waals surface area contributed by atoms with Crippen molar-refractivity contribution in [3.63, 3.8) is 0 Å². The second kappa shape index (κ2) is 7.12. The zero-order chi connectivity index (χ0) is 19.0. The maximum absolute atomic E-state index is 9.20. The first-order valence-electron chi connectivity index (χ1n) is 9.42. The zero-order valence-electron chi connectivity index (χ0n) is 16.0. The van der Waals surface area contributed by atoms with Gasteiger partial charge in [0.05, 0.1) is 18.5 Å². The third-order valence-electron chi connectivity index (χ3n) is 5.23. The second-order valence-electron chi connectivity index (χ2n) is 7.19. The molecule has 2 aromatic rings. The lowest BCUT2D eigenvalue weighted by atomic mass is 9.91. The average Bonchev–Trinajstić information content (AvgIpc) is 3.28. The van der Waals surface area contributed by atoms with E-state index in [1.807, 2.05) is 6.20 Å². The van der Waals surface area contributed by atoms with E-state index < -0.39 is 0 Å². The number of hydrazone groups is 1. The summed E-state index contributed by atoms with van der Waals surface area (Å²) < 4.78 is 1.79. The van der Waals surface area contributed by atoms with Gasteiger partial charge in [0, 0.05) is 34.8 Å². The molecule has 3 heterocycles. The molecule has 27 heavy (non-hydrogen) atoms. The molecule has 140 valence electrons. The SMILES string of the molecule is CCC1=NN2C(C)=CC(C)=NC2C1Cc1ccc(-n2cc(CO)cn2)cc1. The Bertz CT molecular complexity index is 922. The van der Waals surface area contributed by atoms with Crippen LogP contribution in [0.5, 0.6) is 0 Å². The molecular formula is C21H25N5O. The molecule has 0 saturated heterocycles. The molecule has 0 spiro atoms. The monoisotopic (exact) mass is 363 g/mol. The highest BCUT2D eigenvalue weighted by atomic mass is 16.3. The minimum absolute atomic E-state index is 0.00454. The molecule has 2 aliphatic heterocycles. The van der Waals surface area contributed by atoms with E-state index in [2.05, 4.69) is 61.2 Å². The van der Waals surface area contributed by atoms with Gasteiger partial charge in [0.2, 0.25) is 0 Å². The lowest BCUT2D eigenvalue weighted by Gasteiger charge is -2.29. The third-order valence-corrected chi connectivity index (χ3v) is 5.23. The minimum atomic E-state index is 0.00454. The summed E-state index contributed by atoms with van der Waals surface area (Å²) in [6, 6.07) is 8.43.